The molecule has 1 aliphatic heterocycles. The summed E-state index contributed by atoms with van der Waals surface area (Å²) in [7, 11) is -0.563. The van der Waals surface area contributed by atoms with E-state index in [1.54, 1.807) is 7.11 Å². The van der Waals surface area contributed by atoms with E-state index in [9.17, 15) is 13.2 Å². The van der Waals surface area contributed by atoms with Crippen molar-refractivity contribution in [2.45, 2.75) is 20.0 Å². The minimum Gasteiger partial charge on any atom is -0.496 e. The lowest BCUT2D eigenvalue weighted by Gasteiger charge is -2.14. The molecule has 0 radical (unpaired) electrons. The Morgan fingerprint density at radius 2 is 2.00 bits per heavy atom. The molecule has 0 unspecified atom stereocenters. The summed E-state index contributed by atoms with van der Waals surface area (Å²) in [5, 5.41) is 3.25. The van der Waals surface area contributed by atoms with Crippen LogP contribution in [0.5, 0.6) is 5.75 Å². The fraction of sp³-hybridized carbons (Fsp3) is 0.250. The minimum absolute atomic E-state index is 0.170. The molecule has 1 aliphatic rings. The number of fused-ring (bicyclic) bond motifs is 1. The molecular formula is C20H21N5O4S2. The van der Waals surface area contributed by atoms with E-state index in [0.29, 0.717) is 27.7 Å². The molecule has 0 bridgehead atoms. The van der Waals surface area contributed by atoms with Gasteiger partial charge in [-0.05, 0) is 19.1 Å². The van der Waals surface area contributed by atoms with E-state index in [1.807, 2.05) is 37.3 Å². The number of carbonyl (C=O) groups excluding carboxylic acids is 1. The summed E-state index contributed by atoms with van der Waals surface area (Å²) in [5.41, 5.74) is 3.31. The standard InChI is InChI=1S/C20H21N5O4S2/c1-12-8-14(13-6-4-5-7-17(13)29-3)15(9-22-12)19(26)24-20-23-16-10-25(11-18(16)30-20)31(27,28)21-2/h4-9,21H,10-11H2,1-3H3,(H,23,24,26). The summed E-state index contributed by atoms with van der Waals surface area (Å²) in [6, 6.07) is 9.31. The van der Waals surface area contributed by atoms with Crippen molar-refractivity contribution in [1.29, 1.82) is 0 Å². The van der Waals surface area contributed by atoms with E-state index in [1.165, 1.54) is 28.9 Å². The molecule has 2 aromatic heterocycles. The number of hydrogen-bond donors (Lipinski definition) is 2. The van der Waals surface area contributed by atoms with Gasteiger partial charge in [0.05, 0.1) is 31.5 Å². The number of ether oxygens (including phenoxy) is 1. The van der Waals surface area contributed by atoms with E-state index in [0.717, 1.165) is 16.1 Å². The van der Waals surface area contributed by atoms with Gasteiger partial charge in [0.1, 0.15) is 5.75 Å². The minimum atomic E-state index is -3.52. The first-order valence-corrected chi connectivity index (χ1v) is 11.7. The van der Waals surface area contributed by atoms with Crippen LogP contribution in [0.15, 0.2) is 36.5 Å². The average molecular weight is 460 g/mol. The monoisotopic (exact) mass is 459 g/mol. The molecule has 0 saturated heterocycles. The number of methoxy groups -OCH3 is 1. The number of nitrogens with zero attached hydrogens (tertiary/aromatic N) is 3. The van der Waals surface area contributed by atoms with Crippen LogP contribution in [0.1, 0.15) is 26.6 Å². The number of hydrogen-bond acceptors (Lipinski definition) is 7. The van der Waals surface area contributed by atoms with Crippen LogP contribution >= 0.6 is 11.3 Å². The van der Waals surface area contributed by atoms with Crippen molar-refractivity contribution in [3.05, 3.63) is 58.4 Å². The summed E-state index contributed by atoms with van der Waals surface area (Å²) in [6.07, 6.45) is 1.54. The van der Waals surface area contributed by atoms with Crippen LogP contribution in [0.4, 0.5) is 5.13 Å². The smallest absolute Gasteiger partial charge is 0.279 e. The van der Waals surface area contributed by atoms with Crippen LogP contribution in [-0.2, 0) is 23.3 Å². The number of thiazole rings is 1. The number of aryl methyl sites for hydroxylation is 1. The third-order valence-corrected chi connectivity index (χ3v) is 7.38. The third kappa shape index (κ3) is 4.17. The van der Waals surface area contributed by atoms with Crippen LogP contribution in [-0.4, -0.2) is 42.8 Å². The molecule has 0 fully saturated rings. The second-order valence-corrected chi connectivity index (χ2v) is 9.85. The molecule has 0 saturated carbocycles. The van der Waals surface area contributed by atoms with Gasteiger partial charge in [0.2, 0.25) is 0 Å². The number of anilines is 1. The van der Waals surface area contributed by atoms with E-state index in [4.69, 9.17) is 4.74 Å². The Morgan fingerprint density at radius 1 is 1.23 bits per heavy atom. The zero-order valence-electron chi connectivity index (χ0n) is 17.2. The highest BCUT2D eigenvalue weighted by Gasteiger charge is 2.31. The van der Waals surface area contributed by atoms with Crippen molar-refractivity contribution < 1.29 is 17.9 Å². The van der Waals surface area contributed by atoms with Gasteiger partial charge in [0.15, 0.2) is 5.13 Å². The maximum absolute atomic E-state index is 13.1. The van der Waals surface area contributed by atoms with Crippen molar-refractivity contribution in [3.63, 3.8) is 0 Å². The quantitative estimate of drug-likeness (QED) is 0.586. The molecule has 3 heterocycles. The number of benzene rings is 1. The van der Waals surface area contributed by atoms with Crippen molar-refractivity contribution in [2.24, 2.45) is 0 Å². The summed E-state index contributed by atoms with van der Waals surface area (Å²) in [5.74, 6) is 0.307. The lowest BCUT2D eigenvalue weighted by Crippen LogP contribution is -2.35. The first-order chi connectivity index (χ1) is 14.8. The number of amides is 1. The van der Waals surface area contributed by atoms with Gasteiger partial charge < -0.3 is 4.74 Å². The molecule has 31 heavy (non-hydrogen) atoms. The number of para-hydroxylation sites is 1. The van der Waals surface area contributed by atoms with E-state index in [2.05, 4.69) is 20.0 Å². The zero-order valence-corrected chi connectivity index (χ0v) is 18.8. The Kier molecular flexibility index (Phi) is 5.75. The van der Waals surface area contributed by atoms with Gasteiger partial charge in [-0.15, -0.1) is 0 Å². The van der Waals surface area contributed by atoms with Crippen molar-refractivity contribution in [1.82, 2.24) is 19.0 Å². The van der Waals surface area contributed by atoms with Gasteiger partial charge in [-0.2, -0.15) is 12.7 Å². The molecule has 1 aromatic carbocycles. The Morgan fingerprint density at radius 3 is 2.71 bits per heavy atom. The Labute approximate surface area is 184 Å². The molecule has 2 N–H and O–H groups in total. The molecule has 9 nitrogen and oxygen atoms in total. The number of aromatic nitrogens is 2. The highest BCUT2D eigenvalue weighted by Crippen LogP contribution is 2.35. The van der Waals surface area contributed by atoms with Gasteiger partial charge in [-0.25, -0.2) is 9.71 Å². The fourth-order valence-electron chi connectivity index (χ4n) is 3.36. The largest absolute Gasteiger partial charge is 0.496 e. The summed E-state index contributed by atoms with van der Waals surface area (Å²) >= 11 is 1.27. The predicted octanol–water partition coefficient (Wildman–Crippen LogP) is 2.55. The van der Waals surface area contributed by atoms with E-state index >= 15 is 0 Å². The fourth-order valence-corrected chi connectivity index (χ4v) is 5.27. The van der Waals surface area contributed by atoms with Crippen LogP contribution in [0, 0.1) is 6.92 Å². The van der Waals surface area contributed by atoms with Gasteiger partial charge in [-0.1, -0.05) is 29.5 Å². The van der Waals surface area contributed by atoms with Crippen LogP contribution < -0.4 is 14.8 Å². The lowest BCUT2D eigenvalue weighted by atomic mass is 9.99. The molecule has 3 aromatic rings. The molecule has 0 atom stereocenters. The van der Waals surface area contributed by atoms with Crippen LogP contribution in [0.3, 0.4) is 0 Å². The van der Waals surface area contributed by atoms with Crippen LogP contribution in [0.2, 0.25) is 0 Å². The maximum Gasteiger partial charge on any atom is 0.279 e. The highest BCUT2D eigenvalue weighted by molar-refractivity contribution is 7.87. The molecule has 162 valence electrons. The Bertz CT molecular complexity index is 1230. The van der Waals surface area contributed by atoms with Crippen LogP contribution in [0.25, 0.3) is 11.1 Å². The topological polar surface area (TPSA) is 114 Å². The van der Waals surface area contributed by atoms with Gasteiger partial charge in [-0.3, -0.25) is 15.1 Å². The van der Waals surface area contributed by atoms with Crippen molar-refractivity contribution >= 4 is 32.6 Å². The normalized spacial score (nSPS) is 13.8. The van der Waals surface area contributed by atoms with Gasteiger partial charge in [0.25, 0.3) is 16.1 Å². The second-order valence-electron chi connectivity index (χ2n) is 6.89. The summed E-state index contributed by atoms with van der Waals surface area (Å²) in [4.78, 5) is 22.6. The molecule has 1 amide bonds. The molecule has 0 spiro atoms. The summed E-state index contributed by atoms with van der Waals surface area (Å²) in [6.45, 7) is 2.25. The predicted molar refractivity (Wildman–Crippen MR) is 118 cm³/mol. The summed E-state index contributed by atoms with van der Waals surface area (Å²) < 4.78 is 33.0. The number of nitrogens with one attached hydrogen (secondary N) is 2. The van der Waals surface area contributed by atoms with Crippen molar-refractivity contribution in [2.75, 3.05) is 19.5 Å². The van der Waals surface area contributed by atoms with Gasteiger partial charge in [0, 0.05) is 34.9 Å². The number of rotatable bonds is 6. The number of pyridine rings is 1. The van der Waals surface area contributed by atoms with Crippen molar-refractivity contribution in [3.8, 4) is 16.9 Å². The molecule has 0 aliphatic carbocycles. The average Bonchev–Trinajstić information content (AvgIpc) is 3.32. The molecule has 4 rings (SSSR count). The van der Waals surface area contributed by atoms with E-state index < -0.39 is 10.2 Å². The van der Waals surface area contributed by atoms with Gasteiger partial charge >= 0.3 is 0 Å². The SMILES string of the molecule is CNS(=O)(=O)N1Cc2nc(NC(=O)c3cnc(C)cc3-c3ccccc3OC)sc2C1. The second kappa shape index (κ2) is 8.35. The first kappa shape index (κ1) is 21.4. The zero-order chi connectivity index (χ0) is 22.2. The third-order valence-electron chi connectivity index (χ3n) is 4.93. The Hall–Kier alpha value is -2.86. The lowest BCUT2D eigenvalue weighted by molar-refractivity contribution is 0.102. The first-order valence-electron chi connectivity index (χ1n) is 9.41. The van der Waals surface area contributed by atoms with E-state index in [-0.39, 0.29) is 19.0 Å². The highest BCUT2D eigenvalue weighted by atomic mass is 32.2. The maximum atomic E-state index is 13.1. The number of carbonyl (C=O) groups is 1. The Balaban J connectivity index is 1.60. The molecule has 11 heteroatoms. The molecular weight excluding hydrogens is 438 g/mol.